The quantitative estimate of drug-likeness (QED) is 0.741. The number of hydrogen-bond acceptors (Lipinski definition) is 3. The molecule has 24 heavy (non-hydrogen) atoms. The lowest BCUT2D eigenvalue weighted by molar-refractivity contribution is -0.143. The smallest absolute Gasteiger partial charge is 0.307 e. The number of esters is 1. The summed E-state index contributed by atoms with van der Waals surface area (Å²) >= 11 is 0. The molecule has 2 rings (SSSR count). The van der Waals surface area contributed by atoms with Gasteiger partial charge in [-0.2, -0.15) is 0 Å². The summed E-state index contributed by atoms with van der Waals surface area (Å²) in [7, 11) is 0. The summed E-state index contributed by atoms with van der Waals surface area (Å²) in [6.45, 7) is 6.82. The van der Waals surface area contributed by atoms with E-state index in [4.69, 9.17) is 4.74 Å². The van der Waals surface area contributed by atoms with Gasteiger partial charge in [0.05, 0.1) is 13.0 Å². The number of benzene rings is 1. The molecule has 1 aliphatic carbocycles. The zero-order chi connectivity index (χ0) is 17.5. The van der Waals surface area contributed by atoms with Gasteiger partial charge < -0.3 is 9.64 Å². The molecule has 2 unspecified atom stereocenters. The first-order chi connectivity index (χ1) is 11.5. The van der Waals surface area contributed by atoms with Gasteiger partial charge in [0.25, 0.3) is 5.91 Å². The Morgan fingerprint density at radius 1 is 1.25 bits per heavy atom. The third kappa shape index (κ3) is 4.83. The molecule has 1 fully saturated rings. The van der Waals surface area contributed by atoms with E-state index in [-0.39, 0.29) is 24.3 Å². The molecule has 0 bridgehead atoms. The lowest BCUT2D eigenvalue weighted by Gasteiger charge is -2.38. The maximum Gasteiger partial charge on any atom is 0.307 e. The maximum atomic E-state index is 13.1. The molecule has 0 spiro atoms. The van der Waals surface area contributed by atoms with E-state index < -0.39 is 0 Å². The van der Waals surface area contributed by atoms with Gasteiger partial charge in [-0.1, -0.05) is 37.5 Å². The van der Waals surface area contributed by atoms with Crippen LogP contribution >= 0.6 is 0 Å². The van der Waals surface area contributed by atoms with E-state index in [9.17, 15) is 9.59 Å². The summed E-state index contributed by atoms with van der Waals surface area (Å²) in [5.74, 6) is 0.263. The van der Waals surface area contributed by atoms with Gasteiger partial charge in [-0.3, -0.25) is 9.59 Å². The largest absolute Gasteiger partial charge is 0.466 e. The summed E-state index contributed by atoms with van der Waals surface area (Å²) in [6.07, 6.45) is 4.78. The molecule has 132 valence electrons. The molecule has 4 heteroatoms. The van der Waals surface area contributed by atoms with Crippen LogP contribution in [0.2, 0.25) is 0 Å². The molecular weight excluding hydrogens is 302 g/mol. The standard InChI is InChI=1S/C20H29NO3/c1-4-24-19(22)12-13-21(18-11-6-5-9-16(18)3)20(23)17-10-7-8-15(2)14-17/h7-8,10,14,16,18H,4-6,9,11-13H2,1-3H3. The van der Waals surface area contributed by atoms with Crippen LogP contribution in [0.3, 0.4) is 0 Å². The molecule has 0 heterocycles. The molecule has 1 saturated carbocycles. The first-order valence-corrected chi connectivity index (χ1v) is 9.06. The number of ether oxygens (including phenoxy) is 1. The van der Waals surface area contributed by atoms with Crippen LogP contribution in [0, 0.1) is 12.8 Å². The van der Waals surface area contributed by atoms with Gasteiger partial charge in [0.2, 0.25) is 0 Å². The number of hydrogen-bond donors (Lipinski definition) is 0. The van der Waals surface area contributed by atoms with Crippen LogP contribution < -0.4 is 0 Å². The average molecular weight is 331 g/mol. The van der Waals surface area contributed by atoms with Crippen molar-refractivity contribution in [1.82, 2.24) is 4.90 Å². The predicted molar refractivity (Wildman–Crippen MR) is 94.9 cm³/mol. The molecule has 4 nitrogen and oxygen atoms in total. The first-order valence-electron chi connectivity index (χ1n) is 9.06. The van der Waals surface area contributed by atoms with Crippen LogP contribution in [0.5, 0.6) is 0 Å². The second-order valence-corrected chi connectivity index (χ2v) is 6.75. The Hall–Kier alpha value is -1.84. The van der Waals surface area contributed by atoms with Crippen molar-refractivity contribution in [3.05, 3.63) is 35.4 Å². The van der Waals surface area contributed by atoms with Gasteiger partial charge in [-0.05, 0) is 44.7 Å². The highest BCUT2D eigenvalue weighted by Gasteiger charge is 2.31. The van der Waals surface area contributed by atoms with Gasteiger partial charge in [-0.15, -0.1) is 0 Å². The van der Waals surface area contributed by atoms with Crippen LogP contribution in [-0.2, 0) is 9.53 Å². The molecule has 0 saturated heterocycles. The molecule has 1 aromatic rings. The lowest BCUT2D eigenvalue weighted by Crippen LogP contribution is -2.46. The Balaban J connectivity index is 2.17. The van der Waals surface area contributed by atoms with Gasteiger partial charge in [-0.25, -0.2) is 0 Å². The van der Waals surface area contributed by atoms with E-state index >= 15 is 0 Å². The van der Waals surface area contributed by atoms with Gasteiger partial charge in [0.1, 0.15) is 0 Å². The fourth-order valence-corrected chi connectivity index (χ4v) is 3.57. The molecule has 2 atom stereocenters. The van der Waals surface area contributed by atoms with Crippen LogP contribution in [0.25, 0.3) is 0 Å². The van der Waals surface area contributed by atoms with Crippen LogP contribution in [0.1, 0.15) is 61.9 Å². The Bertz CT molecular complexity index is 570. The van der Waals surface area contributed by atoms with E-state index in [1.807, 2.05) is 36.1 Å². The molecule has 1 amide bonds. The summed E-state index contributed by atoms with van der Waals surface area (Å²) in [4.78, 5) is 26.8. The number of carbonyl (C=O) groups excluding carboxylic acids is 2. The summed E-state index contributed by atoms with van der Waals surface area (Å²) < 4.78 is 5.03. The molecule has 0 N–H and O–H groups in total. The molecule has 0 aromatic heterocycles. The topological polar surface area (TPSA) is 46.6 Å². The maximum absolute atomic E-state index is 13.1. The van der Waals surface area contributed by atoms with Crippen LogP contribution in [0.15, 0.2) is 24.3 Å². The van der Waals surface area contributed by atoms with E-state index in [1.165, 1.54) is 6.42 Å². The number of nitrogens with zero attached hydrogens (tertiary/aromatic N) is 1. The fraction of sp³-hybridized carbons (Fsp3) is 0.600. The van der Waals surface area contributed by atoms with Crippen molar-refractivity contribution in [2.45, 2.75) is 58.9 Å². The molecule has 1 aromatic carbocycles. The zero-order valence-electron chi connectivity index (χ0n) is 15.1. The monoisotopic (exact) mass is 331 g/mol. The summed E-state index contributed by atoms with van der Waals surface area (Å²) in [5.41, 5.74) is 1.78. The highest BCUT2D eigenvalue weighted by atomic mass is 16.5. The van der Waals surface area contributed by atoms with Crippen molar-refractivity contribution in [3.8, 4) is 0 Å². The average Bonchev–Trinajstić information content (AvgIpc) is 2.56. The third-order valence-corrected chi connectivity index (χ3v) is 4.85. The van der Waals surface area contributed by atoms with E-state index in [1.54, 1.807) is 6.92 Å². The zero-order valence-corrected chi connectivity index (χ0v) is 15.1. The van der Waals surface area contributed by atoms with Crippen molar-refractivity contribution in [3.63, 3.8) is 0 Å². The number of amides is 1. The fourth-order valence-electron chi connectivity index (χ4n) is 3.57. The minimum atomic E-state index is -0.233. The Labute approximate surface area is 145 Å². The Morgan fingerprint density at radius 3 is 2.67 bits per heavy atom. The van der Waals surface area contributed by atoms with E-state index in [0.29, 0.717) is 24.6 Å². The van der Waals surface area contributed by atoms with Crippen molar-refractivity contribution in [2.24, 2.45) is 5.92 Å². The predicted octanol–water partition coefficient (Wildman–Crippen LogP) is 3.97. The molecule has 0 aliphatic heterocycles. The highest BCUT2D eigenvalue weighted by Crippen LogP contribution is 2.29. The van der Waals surface area contributed by atoms with E-state index in [0.717, 1.165) is 24.8 Å². The number of carbonyl (C=O) groups is 2. The molecular formula is C20H29NO3. The van der Waals surface area contributed by atoms with Crippen molar-refractivity contribution < 1.29 is 14.3 Å². The summed E-state index contributed by atoms with van der Waals surface area (Å²) in [5, 5.41) is 0. The molecule has 0 radical (unpaired) electrons. The normalized spacial score (nSPS) is 20.5. The number of rotatable bonds is 6. The second kappa shape index (κ2) is 8.86. The lowest BCUT2D eigenvalue weighted by atomic mass is 9.84. The van der Waals surface area contributed by atoms with Gasteiger partial charge >= 0.3 is 5.97 Å². The Kier molecular flexibility index (Phi) is 6.83. The first kappa shape index (κ1) is 18.5. The minimum absolute atomic E-state index is 0.0294. The van der Waals surface area contributed by atoms with Gasteiger partial charge in [0.15, 0.2) is 0 Å². The number of aryl methyl sites for hydroxylation is 1. The summed E-state index contributed by atoms with van der Waals surface area (Å²) in [6, 6.07) is 7.90. The van der Waals surface area contributed by atoms with Crippen LogP contribution in [-0.4, -0.2) is 36.0 Å². The minimum Gasteiger partial charge on any atom is -0.466 e. The van der Waals surface area contributed by atoms with Crippen molar-refractivity contribution in [1.29, 1.82) is 0 Å². The van der Waals surface area contributed by atoms with Crippen molar-refractivity contribution in [2.75, 3.05) is 13.2 Å². The SMILES string of the molecule is CCOC(=O)CCN(C(=O)c1cccc(C)c1)C1CCCCC1C. The molecule has 1 aliphatic rings. The van der Waals surface area contributed by atoms with Crippen molar-refractivity contribution >= 4 is 11.9 Å². The van der Waals surface area contributed by atoms with Crippen LogP contribution in [0.4, 0.5) is 0 Å². The third-order valence-electron chi connectivity index (χ3n) is 4.85. The Morgan fingerprint density at radius 2 is 2.00 bits per heavy atom. The van der Waals surface area contributed by atoms with E-state index in [2.05, 4.69) is 6.92 Å². The van der Waals surface area contributed by atoms with Gasteiger partial charge in [0, 0.05) is 18.2 Å². The highest BCUT2D eigenvalue weighted by molar-refractivity contribution is 5.94. The second-order valence-electron chi connectivity index (χ2n) is 6.75.